The molecule has 0 bridgehead atoms. The highest BCUT2D eigenvalue weighted by molar-refractivity contribution is 7.91. The van der Waals surface area contributed by atoms with Crippen molar-refractivity contribution < 1.29 is 8.42 Å². The van der Waals surface area contributed by atoms with E-state index in [9.17, 15) is 8.42 Å². The molecule has 2 aliphatic rings. The zero-order valence-corrected chi connectivity index (χ0v) is 7.99. The SMILES string of the molecule is O=S1(=O)CCC2(CCNC2)CC1. The molecular formula is C8H15NO2S. The van der Waals surface area contributed by atoms with Crippen molar-refractivity contribution in [1.82, 2.24) is 5.32 Å². The molecular weight excluding hydrogens is 174 g/mol. The van der Waals surface area contributed by atoms with Crippen LogP contribution in [0.1, 0.15) is 19.3 Å². The van der Waals surface area contributed by atoms with Gasteiger partial charge in [0.15, 0.2) is 0 Å². The molecule has 2 saturated heterocycles. The van der Waals surface area contributed by atoms with Crippen LogP contribution in [0.4, 0.5) is 0 Å². The van der Waals surface area contributed by atoms with Crippen LogP contribution in [0.5, 0.6) is 0 Å². The van der Waals surface area contributed by atoms with E-state index < -0.39 is 9.84 Å². The lowest BCUT2D eigenvalue weighted by atomic mass is 9.81. The molecule has 2 rings (SSSR count). The lowest BCUT2D eigenvalue weighted by Gasteiger charge is -2.31. The first-order valence-corrected chi connectivity index (χ1v) is 6.35. The Kier molecular flexibility index (Phi) is 1.92. The Morgan fingerprint density at radius 1 is 1.08 bits per heavy atom. The minimum absolute atomic E-state index is 0.339. The maximum Gasteiger partial charge on any atom is 0.150 e. The lowest BCUT2D eigenvalue weighted by molar-refractivity contribution is 0.288. The summed E-state index contributed by atoms with van der Waals surface area (Å²) in [6, 6.07) is 0. The van der Waals surface area contributed by atoms with Gasteiger partial charge in [-0.3, -0.25) is 0 Å². The smallest absolute Gasteiger partial charge is 0.150 e. The van der Waals surface area contributed by atoms with Gasteiger partial charge in [0.1, 0.15) is 9.84 Å². The van der Waals surface area contributed by atoms with Crippen molar-refractivity contribution >= 4 is 9.84 Å². The molecule has 1 N–H and O–H groups in total. The van der Waals surface area contributed by atoms with Gasteiger partial charge in [-0.15, -0.1) is 0 Å². The third kappa shape index (κ3) is 1.50. The standard InChI is InChI=1S/C8H15NO2S/c10-12(11)5-2-8(3-6-12)1-4-9-7-8/h9H,1-7H2. The largest absolute Gasteiger partial charge is 0.316 e. The number of sulfone groups is 1. The van der Waals surface area contributed by atoms with E-state index in [0.29, 0.717) is 16.9 Å². The average Bonchev–Trinajstić information content (AvgIpc) is 2.46. The summed E-state index contributed by atoms with van der Waals surface area (Å²) in [6.07, 6.45) is 2.92. The van der Waals surface area contributed by atoms with Gasteiger partial charge in [-0.1, -0.05) is 0 Å². The van der Waals surface area contributed by atoms with Crippen LogP contribution in [0.15, 0.2) is 0 Å². The molecule has 0 atom stereocenters. The molecule has 3 nitrogen and oxygen atoms in total. The second-order valence-electron chi connectivity index (χ2n) is 4.08. The zero-order chi connectivity index (χ0) is 8.66. The fourth-order valence-electron chi connectivity index (χ4n) is 2.19. The van der Waals surface area contributed by atoms with Gasteiger partial charge in [-0.2, -0.15) is 0 Å². The maximum atomic E-state index is 11.2. The summed E-state index contributed by atoms with van der Waals surface area (Å²) in [7, 11) is -2.67. The molecule has 0 unspecified atom stereocenters. The highest BCUT2D eigenvalue weighted by Crippen LogP contribution is 2.37. The fraction of sp³-hybridized carbons (Fsp3) is 1.00. The van der Waals surface area contributed by atoms with Crippen LogP contribution in [0.25, 0.3) is 0 Å². The average molecular weight is 189 g/mol. The second-order valence-corrected chi connectivity index (χ2v) is 6.38. The molecule has 2 heterocycles. The van der Waals surface area contributed by atoms with Crippen LogP contribution in [0.3, 0.4) is 0 Å². The minimum atomic E-state index is -2.67. The highest BCUT2D eigenvalue weighted by atomic mass is 32.2. The molecule has 1 spiro atoms. The lowest BCUT2D eigenvalue weighted by Crippen LogP contribution is -2.35. The molecule has 0 aromatic rings. The number of nitrogens with one attached hydrogen (secondary N) is 1. The summed E-state index contributed by atoms with van der Waals surface area (Å²) in [5, 5.41) is 3.32. The van der Waals surface area contributed by atoms with Crippen LogP contribution in [0.2, 0.25) is 0 Å². The van der Waals surface area contributed by atoms with Gasteiger partial charge in [0.2, 0.25) is 0 Å². The van der Waals surface area contributed by atoms with E-state index in [4.69, 9.17) is 0 Å². The van der Waals surface area contributed by atoms with Gasteiger partial charge in [0.25, 0.3) is 0 Å². The number of rotatable bonds is 0. The van der Waals surface area contributed by atoms with Crippen LogP contribution < -0.4 is 5.32 Å². The van der Waals surface area contributed by atoms with E-state index in [-0.39, 0.29) is 0 Å². The summed E-state index contributed by atoms with van der Waals surface area (Å²) in [5.74, 6) is 0.823. The quantitative estimate of drug-likeness (QED) is 0.591. The Bertz CT molecular complexity index is 249. The van der Waals surface area contributed by atoms with Crippen molar-refractivity contribution in [2.75, 3.05) is 24.6 Å². The molecule has 12 heavy (non-hydrogen) atoms. The molecule has 70 valence electrons. The van der Waals surface area contributed by atoms with Crippen LogP contribution in [0, 0.1) is 5.41 Å². The summed E-state index contributed by atoms with van der Waals surface area (Å²) in [5.41, 5.74) is 0.339. The van der Waals surface area contributed by atoms with E-state index >= 15 is 0 Å². The van der Waals surface area contributed by atoms with Gasteiger partial charge in [0, 0.05) is 6.54 Å². The Balaban J connectivity index is 2.06. The third-order valence-electron chi connectivity index (χ3n) is 3.22. The van der Waals surface area contributed by atoms with Crippen molar-refractivity contribution in [2.45, 2.75) is 19.3 Å². The summed E-state index contributed by atoms with van der Waals surface area (Å²) >= 11 is 0. The van der Waals surface area contributed by atoms with Gasteiger partial charge in [-0.05, 0) is 31.2 Å². The molecule has 2 fully saturated rings. The predicted octanol–water partition coefficient (Wildman–Crippen LogP) is 0.175. The van der Waals surface area contributed by atoms with Crippen molar-refractivity contribution in [2.24, 2.45) is 5.41 Å². The van der Waals surface area contributed by atoms with Crippen LogP contribution in [-0.4, -0.2) is 33.0 Å². The summed E-state index contributed by atoms with van der Waals surface area (Å²) in [6.45, 7) is 2.10. The van der Waals surface area contributed by atoms with Crippen molar-refractivity contribution in [3.05, 3.63) is 0 Å². The molecule has 2 aliphatic heterocycles. The van der Waals surface area contributed by atoms with Crippen molar-refractivity contribution in [3.8, 4) is 0 Å². The molecule has 0 radical (unpaired) electrons. The zero-order valence-electron chi connectivity index (χ0n) is 7.17. The first-order chi connectivity index (χ1) is 5.62. The molecule has 0 aromatic heterocycles. The van der Waals surface area contributed by atoms with E-state index in [1.807, 2.05) is 0 Å². The monoisotopic (exact) mass is 189 g/mol. The molecule has 0 aliphatic carbocycles. The third-order valence-corrected chi connectivity index (χ3v) is 4.87. The van der Waals surface area contributed by atoms with Gasteiger partial charge in [-0.25, -0.2) is 8.42 Å². The topological polar surface area (TPSA) is 46.2 Å². The van der Waals surface area contributed by atoms with E-state index in [1.165, 1.54) is 6.42 Å². The van der Waals surface area contributed by atoms with E-state index in [2.05, 4.69) is 5.32 Å². The van der Waals surface area contributed by atoms with E-state index in [0.717, 1.165) is 25.9 Å². The Morgan fingerprint density at radius 3 is 2.25 bits per heavy atom. The Hall–Kier alpha value is -0.0900. The summed E-state index contributed by atoms with van der Waals surface area (Å²) < 4.78 is 22.3. The molecule has 0 saturated carbocycles. The van der Waals surface area contributed by atoms with E-state index in [1.54, 1.807) is 0 Å². The first kappa shape index (κ1) is 8.51. The molecule has 0 amide bonds. The molecule has 4 heteroatoms. The van der Waals surface area contributed by atoms with Crippen LogP contribution >= 0.6 is 0 Å². The van der Waals surface area contributed by atoms with Crippen LogP contribution in [-0.2, 0) is 9.84 Å². The van der Waals surface area contributed by atoms with Crippen molar-refractivity contribution in [3.63, 3.8) is 0 Å². The second kappa shape index (κ2) is 2.70. The first-order valence-electron chi connectivity index (χ1n) is 4.53. The maximum absolute atomic E-state index is 11.2. The van der Waals surface area contributed by atoms with Gasteiger partial charge >= 0.3 is 0 Å². The Labute approximate surface area is 73.5 Å². The summed E-state index contributed by atoms with van der Waals surface area (Å²) in [4.78, 5) is 0. The number of hydrogen-bond donors (Lipinski definition) is 1. The normalized spacial score (nSPS) is 32.3. The van der Waals surface area contributed by atoms with Crippen molar-refractivity contribution in [1.29, 1.82) is 0 Å². The predicted molar refractivity (Wildman–Crippen MR) is 47.8 cm³/mol. The Morgan fingerprint density at radius 2 is 1.75 bits per heavy atom. The van der Waals surface area contributed by atoms with Gasteiger partial charge < -0.3 is 5.32 Å². The fourth-order valence-corrected chi connectivity index (χ4v) is 3.89. The minimum Gasteiger partial charge on any atom is -0.316 e. The highest BCUT2D eigenvalue weighted by Gasteiger charge is 2.39. The number of hydrogen-bond acceptors (Lipinski definition) is 3. The molecule has 0 aromatic carbocycles. The van der Waals surface area contributed by atoms with Gasteiger partial charge in [0.05, 0.1) is 11.5 Å².